The molecule has 0 aliphatic carbocycles. The van der Waals surface area contributed by atoms with E-state index in [1.165, 1.54) is 16.7 Å². The van der Waals surface area contributed by atoms with Crippen LogP contribution >= 0.6 is 23.3 Å². The summed E-state index contributed by atoms with van der Waals surface area (Å²) in [6.07, 6.45) is 4.49. The summed E-state index contributed by atoms with van der Waals surface area (Å²) in [4.78, 5) is 56.1. The van der Waals surface area contributed by atoms with E-state index in [9.17, 15) is 14.4 Å². The summed E-state index contributed by atoms with van der Waals surface area (Å²) in [6.45, 7) is 1.91. The lowest BCUT2D eigenvalue weighted by Crippen LogP contribution is -2.71. The third kappa shape index (κ3) is 6.93. The Morgan fingerprint density at radius 3 is 2.38 bits per heavy atom. The van der Waals surface area contributed by atoms with E-state index in [-0.39, 0.29) is 29.0 Å². The van der Waals surface area contributed by atoms with Crippen molar-refractivity contribution < 1.29 is 24.0 Å². The van der Waals surface area contributed by atoms with E-state index in [4.69, 9.17) is 15.3 Å². The van der Waals surface area contributed by atoms with Crippen LogP contribution < -0.4 is 11.1 Å². The number of hydrogen-bond donors (Lipinski definition) is 2. The van der Waals surface area contributed by atoms with Crippen molar-refractivity contribution in [2.45, 2.75) is 24.4 Å². The first-order valence-electron chi connectivity index (χ1n) is 14.6. The number of allylic oxidation sites excluding steroid dienone is 1. The zero-order valence-electron chi connectivity index (χ0n) is 25.1. The van der Waals surface area contributed by atoms with E-state index in [0.717, 1.165) is 22.7 Å². The van der Waals surface area contributed by atoms with Gasteiger partial charge in [-0.05, 0) is 41.8 Å². The summed E-state index contributed by atoms with van der Waals surface area (Å²) in [7, 11) is 0. The number of oxime groups is 1. The molecule has 2 amide bonds. The highest BCUT2D eigenvalue weighted by Gasteiger charge is 2.54. The number of fused-ring (bicyclic) bond motifs is 1. The van der Waals surface area contributed by atoms with Gasteiger partial charge in [-0.2, -0.15) is 9.36 Å². The number of pyridine rings is 1. The average Bonchev–Trinajstić information content (AvgIpc) is 3.54. The van der Waals surface area contributed by atoms with Crippen LogP contribution in [0.2, 0.25) is 0 Å². The zero-order chi connectivity index (χ0) is 32.8. The molecule has 0 spiro atoms. The first kappa shape index (κ1) is 31.6. The quantitative estimate of drug-likeness (QED) is 0.104. The number of benzene rings is 2. The van der Waals surface area contributed by atoms with Crippen LogP contribution in [0.25, 0.3) is 6.08 Å². The minimum absolute atomic E-state index is 0.0163. The second-order valence-corrected chi connectivity index (χ2v) is 12.1. The monoisotopic (exact) mass is 667 g/mol. The summed E-state index contributed by atoms with van der Waals surface area (Å²) >= 11 is 2.31. The summed E-state index contributed by atoms with van der Waals surface area (Å²) in [5, 5.41) is 6.15. The summed E-state index contributed by atoms with van der Waals surface area (Å²) in [6, 6.07) is 23.3. The lowest BCUT2D eigenvalue weighted by Gasteiger charge is -2.49. The number of rotatable bonds is 11. The van der Waals surface area contributed by atoms with Gasteiger partial charge in [0.15, 0.2) is 11.2 Å². The van der Waals surface area contributed by atoms with Gasteiger partial charge in [0.2, 0.25) is 11.5 Å². The number of nitrogens with two attached hydrogens (primary N) is 1. The minimum Gasteiger partial charge on any atom is -0.448 e. The molecule has 1 fully saturated rings. The molecular formula is C33H29N7O5S2. The molecule has 0 saturated carbocycles. The molecule has 1 saturated heterocycles. The predicted octanol–water partition coefficient (Wildman–Crippen LogP) is 3.96. The number of nitrogens with one attached hydrogen (secondary N) is 1. The molecule has 4 heterocycles. The normalized spacial score (nSPS) is 17.8. The van der Waals surface area contributed by atoms with Crippen LogP contribution in [0.4, 0.5) is 5.13 Å². The standard InChI is InChI=1S/C33H29N7O5S2/c1-2-44-38-24(28-37-33(34)47-39-28)29(41)36-25-30(42)40-26(22(19-46-31(25)40)16-17-23-15-9-10-18-35-23)32(43)45-27(20-11-5-3-6-12-20)21-13-7-4-8-14-21/h3-18,25,27,31H,2,19H2,1H3,(H,36,41)(H2,34,37,39)/t25?,31-/m0/s1. The third-order valence-corrected chi connectivity index (χ3v) is 9.05. The average molecular weight is 668 g/mol. The molecule has 0 bridgehead atoms. The number of nitrogens with zero attached hydrogens (tertiary/aromatic N) is 5. The number of esters is 1. The molecule has 2 atom stereocenters. The van der Waals surface area contributed by atoms with Crippen molar-refractivity contribution in [3.05, 3.63) is 125 Å². The Morgan fingerprint density at radius 1 is 1.06 bits per heavy atom. The number of hydrogen-bond acceptors (Lipinski definition) is 12. The number of amides is 2. The van der Waals surface area contributed by atoms with Crippen molar-refractivity contribution in [3.63, 3.8) is 0 Å². The van der Waals surface area contributed by atoms with E-state index in [1.807, 2.05) is 78.9 Å². The van der Waals surface area contributed by atoms with E-state index in [0.29, 0.717) is 17.0 Å². The van der Waals surface area contributed by atoms with Crippen molar-refractivity contribution in [1.82, 2.24) is 24.6 Å². The van der Waals surface area contributed by atoms with Crippen molar-refractivity contribution in [2.75, 3.05) is 18.1 Å². The molecule has 238 valence electrons. The Bertz CT molecular complexity index is 1810. The highest BCUT2D eigenvalue weighted by molar-refractivity contribution is 8.00. The fourth-order valence-corrected chi connectivity index (χ4v) is 6.77. The molecule has 47 heavy (non-hydrogen) atoms. The molecule has 4 aromatic rings. The van der Waals surface area contributed by atoms with Crippen LogP contribution in [0.1, 0.15) is 35.7 Å². The van der Waals surface area contributed by atoms with Crippen molar-refractivity contribution in [2.24, 2.45) is 5.16 Å². The van der Waals surface area contributed by atoms with Crippen LogP contribution in [0.15, 0.2) is 108 Å². The highest BCUT2D eigenvalue weighted by Crippen LogP contribution is 2.42. The maximum atomic E-state index is 14.2. The van der Waals surface area contributed by atoms with Gasteiger partial charge in [-0.1, -0.05) is 78.0 Å². The Hall–Kier alpha value is -5.34. The Balaban J connectivity index is 1.30. The van der Waals surface area contributed by atoms with Crippen LogP contribution in [0.5, 0.6) is 0 Å². The van der Waals surface area contributed by atoms with Crippen LogP contribution in [-0.4, -0.2) is 66.5 Å². The molecule has 1 unspecified atom stereocenters. The van der Waals surface area contributed by atoms with E-state index >= 15 is 0 Å². The fraction of sp³-hybridized carbons (Fsp3) is 0.182. The first-order valence-corrected chi connectivity index (χ1v) is 16.4. The molecular weight excluding hydrogens is 639 g/mol. The number of anilines is 1. The van der Waals surface area contributed by atoms with Gasteiger partial charge >= 0.3 is 5.97 Å². The molecule has 2 aromatic heterocycles. The SMILES string of the molecule is CCON=C(C(=O)NC1C(=O)N2C(C(=O)OC(c3ccccc3)c3ccccc3)=C(C=Cc3ccccn3)CS[C@@H]12)c1nsc(N)n1. The molecule has 6 rings (SSSR count). The van der Waals surface area contributed by atoms with Gasteiger partial charge in [-0.25, -0.2) is 4.79 Å². The van der Waals surface area contributed by atoms with E-state index in [1.54, 1.807) is 25.3 Å². The number of aromatic nitrogens is 3. The number of carbonyl (C=O) groups excluding carboxylic acids is 3. The molecule has 0 radical (unpaired) electrons. The number of β-lactam (4-membered cyclic amide) rings is 1. The molecule has 14 heteroatoms. The molecule has 3 N–H and O–H groups in total. The Kier molecular flexibility index (Phi) is 9.69. The third-order valence-electron chi connectivity index (χ3n) is 7.20. The van der Waals surface area contributed by atoms with Crippen molar-refractivity contribution >= 4 is 58.0 Å². The summed E-state index contributed by atoms with van der Waals surface area (Å²) < 4.78 is 10.3. The zero-order valence-corrected chi connectivity index (χ0v) is 26.7. The van der Waals surface area contributed by atoms with Gasteiger partial charge in [0, 0.05) is 23.5 Å². The van der Waals surface area contributed by atoms with Crippen molar-refractivity contribution in [1.29, 1.82) is 0 Å². The smallest absolute Gasteiger partial charge is 0.356 e. The first-order chi connectivity index (χ1) is 22.9. The minimum atomic E-state index is -0.960. The summed E-state index contributed by atoms with van der Waals surface area (Å²) in [5.74, 6) is -1.52. The molecule has 2 aliphatic rings. The lowest BCUT2D eigenvalue weighted by atomic mass is 10.00. The number of carbonyl (C=O) groups is 3. The Morgan fingerprint density at radius 2 is 1.77 bits per heavy atom. The summed E-state index contributed by atoms with van der Waals surface area (Å²) in [5.41, 5.74) is 8.42. The van der Waals surface area contributed by atoms with Gasteiger partial charge in [0.05, 0.1) is 5.69 Å². The number of thioether (sulfide) groups is 1. The van der Waals surface area contributed by atoms with Gasteiger partial charge in [0.1, 0.15) is 23.7 Å². The Labute approximate surface area is 278 Å². The molecule has 2 aromatic carbocycles. The van der Waals surface area contributed by atoms with Gasteiger partial charge < -0.3 is 20.6 Å². The van der Waals surface area contributed by atoms with Crippen LogP contribution in [0, 0.1) is 0 Å². The number of nitrogen functional groups attached to an aromatic ring is 1. The second kappa shape index (κ2) is 14.4. The van der Waals surface area contributed by atoms with Gasteiger partial charge in [-0.3, -0.25) is 19.5 Å². The van der Waals surface area contributed by atoms with E-state index < -0.39 is 35.3 Å². The van der Waals surface area contributed by atoms with Gasteiger partial charge in [-0.15, -0.1) is 11.8 Å². The van der Waals surface area contributed by atoms with Crippen LogP contribution in [0.3, 0.4) is 0 Å². The maximum Gasteiger partial charge on any atom is 0.356 e. The van der Waals surface area contributed by atoms with Crippen molar-refractivity contribution in [3.8, 4) is 0 Å². The lowest BCUT2D eigenvalue weighted by molar-refractivity contribution is -0.154. The topological polar surface area (TPSA) is 162 Å². The maximum absolute atomic E-state index is 14.2. The van der Waals surface area contributed by atoms with Gasteiger partial charge in [0.25, 0.3) is 11.8 Å². The highest BCUT2D eigenvalue weighted by atomic mass is 32.2. The fourth-order valence-electron chi connectivity index (χ4n) is 5.02. The molecule has 2 aliphatic heterocycles. The second-order valence-electron chi connectivity index (χ2n) is 10.2. The number of ether oxygens (including phenoxy) is 1. The molecule has 12 nitrogen and oxygen atoms in total. The predicted molar refractivity (Wildman–Crippen MR) is 179 cm³/mol. The largest absolute Gasteiger partial charge is 0.448 e. The van der Waals surface area contributed by atoms with E-state index in [2.05, 4.69) is 24.8 Å². The van der Waals surface area contributed by atoms with Crippen LogP contribution in [-0.2, 0) is 24.0 Å².